The second-order valence-electron chi connectivity index (χ2n) is 5.51. The fourth-order valence-corrected chi connectivity index (χ4v) is 3.12. The predicted molar refractivity (Wildman–Crippen MR) is 77.3 cm³/mol. The maximum atomic E-state index is 9.66. The van der Waals surface area contributed by atoms with Crippen molar-refractivity contribution in [2.24, 2.45) is 13.0 Å². The van der Waals surface area contributed by atoms with E-state index >= 15 is 0 Å². The SMILES string of the molecule is CCc1nn(C)c(Cl)c1CNCC1CCCC(O)C1. The highest BCUT2D eigenvalue weighted by Crippen LogP contribution is 2.24. The Morgan fingerprint density at radius 3 is 2.95 bits per heavy atom. The Bertz CT molecular complexity index is 419. The topological polar surface area (TPSA) is 50.1 Å². The molecule has 0 radical (unpaired) electrons. The summed E-state index contributed by atoms with van der Waals surface area (Å²) in [5, 5.41) is 18.3. The molecule has 1 aliphatic carbocycles. The number of aliphatic hydroxyl groups is 1. The Labute approximate surface area is 120 Å². The molecule has 0 aliphatic heterocycles. The molecule has 1 aromatic rings. The van der Waals surface area contributed by atoms with E-state index in [1.165, 1.54) is 6.42 Å². The number of hydrogen-bond acceptors (Lipinski definition) is 3. The van der Waals surface area contributed by atoms with Crippen LogP contribution in [-0.2, 0) is 20.0 Å². The fraction of sp³-hybridized carbons (Fsp3) is 0.786. The Morgan fingerprint density at radius 2 is 2.26 bits per heavy atom. The standard InChI is InChI=1S/C14H24ClN3O/c1-3-13-12(14(15)18(2)17-13)9-16-8-10-5-4-6-11(19)7-10/h10-11,16,19H,3-9H2,1-2H3. The smallest absolute Gasteiger partial charge is 0.131 e. The highest BCUT2D eigenvalue weighted by Gasteiger charge is 2.20. The van der Waals surface area contributed by atoms with E-state index in [0.29, 0.717) is 5.92 Å². The number of aryl methyl sites for hydroxylation is 2. The molecule has 1 aromatic heterocycles. The number of hydrogen-bond donors (Lipinski definition) is 2. The van der Waals surface area contributed by atoms with Gasteiger partial charge in [0.25, 0.3) is 0 Å². The number of rotatable bonds is 5. The van der Waals surface area contributed by atoms with E-state index in [1.54, 1.807) is 4.68 Å². The second kappa shape index (κ2) is 6.73. The number of halogens is 1. The first-order valence-electron chi connectivity index (χ1n) is 7.20. The summed E-state index contributed by atoms with van der Waals surface area (Å²) in [5.74, 6) is 0.587. The Morgan fingerprint density at radius 1 is 1.47 bits per heavy atom. The van der Waals surface area contributed by atoms with Gasteiger partial charge in [-0.1, -0.05) is 24.9 Å². The molecular weight excluding hydrogens is 262 g/mol. The average molecular weight is 286 g/mol. The molecule has 5 heteroatoms. The van der Waals surface area contributed by atoms with Crippen LogP contribution in [-0.4, -0.2) is 27.5 Å². The van der Waals surface area contributed by atoms with Crippen molar-refractivity contribution < 1.29 is 5.11 Å². The summed E-state index contributed by atoms with van der Waals surface area (Å²) in [6.45, 7) is 3.81. The van der Waals surface area contributed by atoms with Gasteiger partial charge in [0.05, 0.1) is 11.8 Å². The van der Waals surface area contributed by atoms with Crippen molar-refractivity contribution in [1.82, 2.24) is 15.1 Å². The van der Waals surface area contributed by atoms with Gasteiger partial charge >= 0.3 is 0 Å². The van der Waals surface area contributed by atoms with Crippen LogP contribution in [0.1, 0.15) is 43.9 Å². The minimum Gasteiger partial charge on any atom is -0.393 e. The molecule has 2 rings (SSSR count). The molecule has 0 bridgehead atoms. The van der Waals surface area contributed by atoms with E-state index < -0.39 is 0 Å². The van der Waals surface area contributed by atoms with Crippen molar-refractivity contribution in [3.05, 3.63) is 16.4 Å². The maximum absolute atomic E-state index is 9.66. The highest BCUT2D eigenvalue weighted by molar-refractivity contribution is 6.30. The van der Waals surface area contributed by atoms with Gasteiger partial charge in [-0.05, 0) is 38.1 Å². The molecule has 19 heavy (non-hydrogen) atoms. The van der Waals surface area contributed by atoms with Gasteiger partial charge in [-0.25, -0.2) is 0 Å². The number of nitrogens with one attached hydrogen (secondary N) is 1. The molecule has 0 aromatic carbocycles. The lowest BCUT2D eigenvalue weighted by Gasteiger charge is -2.26. The van der Waals surface area contributed by atoms with E-state index in [9.17, 15) is 5.11 Å². The van der Waals surface area contributed by atoms with E-state index in [1.807, 2.05) is 7.05 Å². The third kappa shape index (κ3) is 3.71. The third-order valence-corrected chi connectivity index (χ3v) is 4.45. The zero-order chi connectivity index (χ0) is 13.8. The van der Waals surface area contributed by atoms with Crippen molar-refractivity contribution in [2.45, 2.75) is 51.7 Å². The molecule has 2 N–H and O–H groups in total. The molecule has 2 atom stereocenters. The van der Waals surface area contributed by atoms with E-state index in [0.717, 1.165) is 55.2 Å². The summed E-state index contributed by atoms with van der Waals surface area (Å²) in [4.78, 5) is 0. The molecule has 4 nitrogen and oxygen atoms in total. The molecule has 108 valence electrons. The molecule has 1 fully saturated rings. The predicted octanol–water partition coefficient (Wildman–Crippen LogP) is 2.28. The Kier molecular flexibility index (Phi) is 5.25. The summed E-state index contributed by atoms with van der Waals surface area (Å²) in [5.41, 5.74) is 2.19. The van der Waals surface area contributed by atoms with Crippen LogP contribution in [0.25, 0.3) is 0 Å². The summed E-state index contributed by atoms with van der Waals surface area (Å²) in [6, 6.07) is 0. The zero-order valence-electron chi connectivity index (χ0n) is 11.8. The quantitative estimate of drug-likeness (QED) is 0.873. The van der Waals surface area contributed by atoms with Crippen LogP contribution in [0.3, 0.4) is 0 Å². The minimum absolute atomic E-state index is 0.103. The summed E-state index contributed by atoms with van der Waals surface area (Å²) < 4.78 is 1.74. The molecule has 1 saturated carbocycles. The van der Waals surface area contributed by atoms with Crippen LogP contribution in [0.15, 0.2) is 0 Å². The largest absolute Gasteiger partial charge is 0.393 e. The first-order valence-corrected chi connectivity index (χ1v) is 7.58. The van der Waals surface area contributed by atoms with Crippen molar-refractivity contribution in [2.75, 3.05) is 6.54 Å². The molecule has 0 saturated heterocycles. The average Bonchev–Trinajstić information content (AvgIpc) is 2.66. The first kappa shape index (κ1) is 14.8. The lowest BCUT2D eigenvalue weighted by molar-refractivity contribution is 0.101. The summed E-state index contributed by atoms with van der Waals surface area (Å²) >= 11 is 6.26. The van der Waals surface area contributed by atoms with Crippen molar-refractivity contribution in [3.8, 4) is 0 Å². The van der Waals surface area contributed by atoms with Crippen molar-refractivity contribution in [1.29, 1.82) is 0 Å². The van der Waals surface area contributed by atoms with Crippen molar-refractivity contribution >= 4 is 11.6 Å². The second-order valence-corrected chi connectivity index (χ2v) is 5.87. The monoisotopic (exact) mass is 285 g/mol. The van der Waals surface area contributed by atoms with Crippen molar-refractivity contribution in [3.63, 3.8) is 0 Å². The lowest BCUT2D eigenvalue weighted by atomic mass is 9.87. The van der Waals surface area contributed by atoms with Gasteiger partial charge in [0.15, 0.2) is 0 Å². The van der Waals surface area contributed by atoms with E-state index in [-0.39, 0.29) is 6.10 Å². The van der Waals surface area contributed by atoms with E-state index in [4.69, 9.17) is 11.6 Å². The number of nitrogens with zero attached hydrogens (tertiary/aromatic N) is 2. The van der Waals surface area contributed by atoms with Crippen LogP contribution in [0.5, 0.6) is 0 Å². The summed E-state index contributed by atoms with van der Waals surface area (Å²) in [7, 11) is 1.88. The van der Waals surface area contributed by atoms with Gasteiger partial charge in [-0.2, -0.15) is 5.10 Å². The van der Waals surface area contributed by atoms with Crippen LogP contribution < -0.4 is 5.32 Å². The third-order valence-electron chi connectivity index (χ3n) is 3.98. The van der Waals surface area contributed by atoms with Crippen LogP contribution in [0.4, 0.5) is 0 Å². The van der Waals surface area contributed by atoms with Crippen LogP contribution >= 0.6 is 11.6 Å². The number of aliphatic hydroxyl groups excluding tert-OH is 1. The lowest BCUT2D eigenvalue weighted by Crippen LogP contribution is -2.29. The molecular formula is C14H24ClN3O. The molecule has 2 unspecified atom stereocenters. The fourth-order valence-electron chi connectivity index (χ4n) is 2.91. The van der Waals surface area contributed by atoms with Gasteiger partial charge in [-0.15, -0.1) is 0 Å². The normalized spacial score (nSPS) is 23.8. The van der Waals surface area contributed by atoms with Gasteiger partial charge < -0.3 is 10.4 Å². The Balaban J connectivity index is 1.85. The zero-order valence-corrected chi connectivity index (χ0v) is 12.6. The molecule has 0 amide bonds. The molecule has 1 heterocycles. The maximum Gasteiger partial charge on any atom is 0.131 e. The van der Waals surface area contributed by atoms with Gasteiger partial charge in [0, 0.05) is 19.2 Å². The summed E-state index contributed by atoms with van der Waals surface area (Å²) in [6.07, 6.45) is 5.04. The van der Waals surface area contributed by atoms with Crippen LogP contribution in [0.2, 0.25) is 5.15 Å². The minimum atomic E-state index is -0.103. The van der Waals surface area contributed by atoms with E-state index in [2.05, 4.69) is 17.3 Å². The first-order chi connectivity index (χ1) is 9.11. The van der Waals surface area contributed by atoms with Gasteiger partial charge in [-0.3, -0.25) is 4.68 Å². The number of aromatic nitrogens is 2. The molecule has 1 aliphatic rings. The van der Waals surface area contributed by atoms with Crippen LogP contribution in [0, 0.1) is 5.92 Å². The van der Waals surface area contributed by atoms with Gasteiger partial charge in [0.2, 0.25) is 0 Å². The highest BCUT2D eigenvalue weighted by atomic mass is 35.5. The Hall–Kier alpha value is -0.580. The van der Waals surface area contributed by atoms with Gasteiger partial charge in [0.1, 0.15) is 5.15 Å². The molecule has 0 spiro atoms.